The first-order chi connectivity index (χ1) is 27.5. The van der Waals surface area contributed by atoms with Gasteiger partial charge in [-0.15, -0.1) is 0 Å². The van der Waals surface area contributed by atoms with Crippen LogP contribution in [0.2, 0.25) is 0 Å². The average Bonchev–Trinajstić information content (AvgIpc) is 3.19. The molecule has 0 aliphatic carbocycles. The second kappa shape index (κ2) is 45.1. The molecule has 6 heteroatoms. The topological polar surface area (TPSA) is 78.9 Å². The zero-order chi connectivity index (χ0) is 40.8. The molecular weight excluding hydrogens is 697 g/mol. The van der Waals surface area contributed by atoms with Gasteiger partial charge in [0.1, 0.15) is 13.2 Å². The number of carbonyl (C=O) groups excluding carboxylic acids is 3. The summed E-state index contributed by atoms with van der Waals surface area (Å²) < 4.78 is 16.7. The Morgan fingerprint density at radius 1 is 0.375 bits per heavy atom. The maximum Gasteiger partial charge on any atom is 0.306 e. The third kappa shape index (κ3) is 42.5. The summed E-state index contributed by atoms with van der Waals surface area (Å²) in [7, 11) is 0. The van der Waals surface area contributed by atoms with Crippen LogP contribution in [0.15, 0.2) is 48.6 Å². The van der Waals surface area contributed by atoms with Gasteiger partial charge in [0.2, 0.25) is 0 Å². The summed E-state index contributed by atoms with van der Waals surface area (Å²) in [5.74, 6) is -0.899. The highest BCUT2D eigenvalue weighted by atomic mass is 16.6. The normalized spacial score (nSPS) is 12.4. The minimum absolute atomic E-state index is 0.0799. The Kier molecular flexibility index (Phi) is 43.0. The van der Waals surface area contributed by atoms with Crippen LogP contribution in [0.25, 0.3) is 0 Å². The summed E-state index contributed by atoms with van der Waals surface area (Å²) in [6.07, 6.45) is 52.3. The highest BCUT2D eigenvalue weighted by Crippen LogP contribution is 2.15. The molecule has 0 bridgehead atoms. The van der Waals surface area contributed by atoms with E-state index >= 15 is 0 Å². The van der Waals surface area contributed by atoms with E-state index in [1.807, 2.05) is 0 Å². The first-order valence-electron chi connectivity index (χ1n) is 23.7. The van der Waals surface area contributed by atoms with Crippen molar-refractivity contribution in [1.82, 2.24) is 0 Å². The van der Waals surface area contributed by atoms with E-state index in [-0.39, 0.29) is 31.1 Å². The molecule has 0 aromatic heterocycles. The number of hydrogen-bond donors (Lipinski definition) is 0. The van der Waals surface area contributed by atoms with Gasteiger partial charge in [-0.05, 0) is 57.8 Å². The lowest BCUT2D eigenvalue weighted by molar-refractivity contribution is -0.167. The van der Waals surface area contributed by atoms with Gasteiger partial charge in [0.05, 0.1) is 0 Å². The van der Waals surface area contributed by atoms with Gasteiger partial charge < -0.3 is 14.2 Å². The quantitative estimate of drug-likeness (QED) is 0.0202. The SMILES string of the molecule is CC\C=C/C=C\C=C/CCCCCCCCCC(=O)OCC(COC(=O)CCCCCCC/C=C\CCCC)OC(=O)CCCCCCCCCCCCCC. The molecule has 0 amide bonds. The lowest BCUT2D eigenvalue weighted by Crippen LogP contribution is -2.30. The third-order valence-electron chi connectivity index (χ3n) is 10.1. The van der Waals surface area contributed by atoms with Gasteiger partial charge in [0, 0.05) is 19.3 Å². The summed E-state index contributed by atoms with van der Waals surface area (Å²) >= 11 is 0. The van der Waals surface area contributed by atoms with Crippen LogP contribution in [0.1, 0.15) is 233 Å². The van der Waals surface area contributed by atoms with Crippen LogP contribution in [0.4, 0.5) is 0 Å². The lowest BCUT2D eigenvalue weighted by Gasteiger charge is -2.18. The summed E-state index contributed by atoms with van der Waals surface area (Å²) in [5, 5.41) is 0. The fourth-order valence-corrected chi connectivity index (χ4v) is 6.54. The third-order valence-corrected chi connectivity index (χ3v) is 10.1. The van der Waals surface area contributed by atoms with Crippen molar-refractivity contribution < 1.29 is 28.6 Å². The van der Waals surface area contributed by atoms with E-state index in [0.717, 1.165) is 77.0 Å². The maximum absolute atomic E-state index is 12.7. The van der Waals surface area contributed by atoms with Crippen LogP contribution in [0, 0.1) is 0 Å². The number of esters is 3. The van der Waals surface area contributed by atoms with Crippen LogP contribution < -0.4 is 0 Å². The van der Waals surface area contributed by atoms with Crippen molar-refractivity contribution >= 4 is 17.9 Å². The molecule has 0 heterocycles. The van der Waals surface area contributed by atoms with Crippen molar-refractivity contribution in [3.05, 3.63) is 48.6 Å². The van der Waals surface area contributed by atoms with Crippen LogP contribution in [0.5, 0.6) is 0 Å². The Balaban J connectivity index is 4.38. The van der Waals surface area contributed by atoms with E-state index in [2.05, 4.69) is 69.4 Å². The Hall–Kier alpha value is -2.63. The van der Waals surface area contributed by atoms with Crippen molar-refractivity contribution in [2.75, 3.05) is 13.2 Å². The Bertz CT molecular complexity index is 996. The molecule has 0 aromatic rings. The molecule has 0 saturated carbocycles. The Labute approximate surface area is 346 Å². The maximum atomic E-state index is 12.7. The highest BCUT2D eigenvalue weighted by Gasteiger charge is 2.19. The average molecular weight is 785 g/mol. The molecular formula is C50H88O6. The Morgan fingerprint density at radius 2 is 0.732 bits per heavy atom. The van der Waals surface area contributed by atoms with Gasteiger partial charge in [-0.1, -0.05) is 204 Å². The Morgan fingerprint density at radius 3 is 1.18 bits per heavy atom. The first kappa shape index (κ1) is 53.4. The summed E-state index contributed by atoms with van der Waals surface area (Å²) in [4.78, 5) is 37.8. The van der Waals surface area contributed by atoms with Crippen molar-refractivity contribution in [3.63, 3.8) is 0 Å². The molecule has 0 N–H and O–H groups in total. The fourth-order valence-electron chi connectivity index (χ4n) is 6.54. The van der Waals surface area contributed by atoms with Gasteiger partial charge in [0.15, 0.2) is 6.10 Å². The molecule has 0 fully saturated rings. The minimum atomic E-state index is -0.776. The predicted octanol–water partition coefficient (Wildman–Crippen LogP) is 15.1. The molecule has 324 valence electrons. The fraction of sp³-hybridized carbons (Fsp3) is 0.780. The van der Waals surface area contributed by atoms with Gasteiger partial charge >= 0.3 is 17.9 Å². The zero-order valence-electron chi connectivity index (χ0n) is 36.9. The number of rotatable bonds is 42. The van der Waals surface area contributed by atoms with Gasteiger partial charge in [-0.3, -0.25) is 14.4 Å². The molecule has 0 radical (unpaired) electrons. The predicted molar refractivity (Wildman–Crippen MR) is 238 cm³/mol. The largest absolute Gasteiger partial charge is 0.462 e. The molecule has 56 heavy (non-hydrogen) atoms. The second-order valence-corrected chi connectivity index (χ2v) is 15.7. The molecule has 6 nitrogen and oxygen atoms in total. The van der Waals surface area contributed by atoms with Crippen LogP contribution in [0.3, 0.4) is 0 Å². The molecule has 0 aliphatic heterocycles. The number of carbonyl (C=O) groups is 3. The van der Waals surface area contributed by atoms with E-state index in [9.17, 15) is 14.4 Å². The van der Waals surface area contributed by atoms with Crippen molar-refractivity contribution in [1.29, 1.82) is 0 Å². The standard InChI is InChI=1S/C50H88O6/c1-4-7-10-13-16-19-22-24-25-26-29-31-34-37-40-43-49(52)55-46-47(45-54-48(51)42-39-36-33-30-27-21-18-15-12-9-6-3)56-50(53)44-41-38-35-32-28-23-20-17-14-11-8-5-2/h7,10,13,15-16,18-19,22,47H,4-6,8-9,11-12,14,17,20-21,23-46H2,1-3H3/b10-7-,16-13-,18-15-,22-19-. The van der Waals surface area contributed by atoms with Crippen molar-refractivity contribution in [2.45, 2.75) is 239 Å². The van der Waals surface area contributed by atoms with E-state index in [1.54, 1.807) is 0 Å². The number of hydrogen-bond acceptors (Lipinski definition) is 6. The molecule has 0 spiro atoms. The van der Waals surface area contributed by atoms with Crippen molar-refractivity contribution in [3.8, 4) is 0 Å². The van der Waals surface area contributed by atoms with Gasteiger partial charge in [-0.2, -0.15) is 0 Å². The van der Waals surface area contributed by atoms with E-state index in [1.165, 1.54) is 116 Å². The van der Waals surface area contributed by atoms with Crippen LogP contribution >= 0.6 is 0 Å². The number of ether oxygens (including phenoxy) is 3. The van der Waals surface area contributed by atoms with E-state index in [0.29, 0.717) is 19.3 Å². The van der Waals surface area contributed by atoms with Crippen molar-refractivity contribution in [2.24, 2.45) is 0 Å². The van der Waals surface area contributed by atoms with E-state index < -0.39 is 6.10 Å². The number of unbranched alkanes of at least 4 members (excludes halogenated alkanes) is 25. The monoisotopic (exact) mass is 785 g/mol. The molecule has 0 rings (SSSR count). The highest BCUT2D eigenvalue weighted by molar-refractivity contribution is 5.71. The van der Waals surface area contributed by atoms with Gasteiger partial charge in [-0.25, -0.2) is 0 Å². The lowest BCUT2D eigenvalue weighted by atomic mass is 10.0. The molecule has 0 aliphatic rings. The van der Waals surface area contributed by atoms with Crippen LogP contribution in [-0.4, -0.2) is 37.2 Å². The number of allylic oxidation sites excluding steroid dienone is 8. The molecule has 0 saturated heterocycles. The summed E-state index contributed by atoms with van der Waals surface area (Å²) in [6, 6.07) is 0. The summed E-state index contributed by atoms with van der Waals surface area (Å²) in [5.41, 5.74) is 0. The zero-order valence-corrected chi connectivity index (χ0v) is 36.9. The molecule has 0 aromatic carbocycles. The molecule has 1 atom stereocenters. The first-order valence-corrected chi connectivity index (χ1v) is 23.7. The summed E-state index contributed by atoms with van der Waals surface area (Å²) in [6.45, 7) is 6.45. The van der Waals surface area contributed by atoms with Gasteiger partial charge in [0.25, 0.3) is 0 Å². The smallest absolute Gasteiger partial charge is 0.306 e. The molecule has 1 unspecified atom stereocenters. The minimum Gasteiger partial charge on any atom is -0.462 e. The second-order valence-electron chi connectivity index (χ2n) is 15.7. The van der Waals surface area contributed by atoms with E-state index in [4.69, 9.17) is 14.2 Å². The van der Waals surface area contributed by atoms with Crippen LogP contribution in [-0.2, 0) is 28.6 Å².